The van der Waals surface area contributed by atoms with Gasteiger partial charge in [0, 0.05) is 25.9 Å². The van der Waals surface area contributed by atoms with E-state index in [-0.39, 0.29) is 17.7 Å². The van der Waals surface area contributed by atoms with Crippen molar-refractivity contribution in [3.8, 4) is 0 Å². The van der Waals surface area contributed by atoms with Crippen molar-refractivity contribution < 1.29 is 14.3 Å². The number of rotatable bonds is 2. The molecule has 1 aromatic rings. The number of ether oxygens (including phenoxy) is 2. The van der Waals surface area contributed by atoms with Crippen LogP contribution < -0.4 is 0 Å². The summed E-state index contributed by atoms with van der Waals surface area (Å²) in [6.07, 6.45) is 3.60. The summed E-state index contributed by atoms with van der Waals surface area (Å²) in [5.74, 6) is -0.274. The van der Waals surface area contributed by atoms with Gasteiger partial charge in [0.15, 0.2) is 5.79 Å². The molecule has 116 valence electrons. The smallest absolute Gasteiger partial charge is 0.265 e. The summed E-state index contributed by atoms with van der Waals surface area (Å²) in [6.45, 7) is 5.23. The Hall–Kier alpha value is -0.980. The molecular weight excluding hydrogens is 288 g/mol. The van der Waals surface area contributed by atoms with Gasteiger partial charge in [0.25, 0.3) is 5.91 Å². The summed E-state index contributed by atoms with van der Waals surface area (Å²) >= 11 is 1.48. The molecule has 5 nitrogen and oxygen atoms in total. The first-order valence-corrected chi connectivity index (χ1v) is 8.31. The molecule has 1 saturated carbocycles. The van der Waals surface area contributed by atoms with Gasteiger partial charge in [-0.2, -0.15) is 0 Å². The molecule has 1 aliphatic heterocycles. The van der Waals surface area contributed by atoms with Crippen LogP contribution in [-0.4, -0.2) is 47.9 Å². The third-order valence-electron chi connectivity index (χ3n) is 4.50. The number of aryl methyl sites for hydroxylation is 2. The quantitative estimate of drug-likeness (QED) is 0.842. The van der Waals surface area contributed by atoms with Gasteiger partial charge >= 0.3 is 0 Å². The van der Waals surface area contributed by atoms with E-state index in [2.05, 4.69) is 4.98 Å². The highest BCUT2D eigenvalue weighted by atomic mass is 32.1. The molecule has 0 radical (unpaired) electrons. The average Bonchev–Trinajstić information content (AvgIpc) is 3.05. The molecule has 0 aromatic carbocycles. The fourth-order valence-electron chi connectivity index (χ4n) is 3.27. The molecule has 2 fully saturated rings. The zero-order valence-electron chi connectivity index (χ0n) is 12.8. The molecule has 0 N–H and O–H groups in total. The number of aromatic nitrogens is 1. The van der Waals surface area contributed by atoms with Gasteiger partial charge in [-0.3, -0.25) is 4.79 Å². The van der Waals surface area contributed by atoms with Crippen molar-refractivity contribution in [1.82, 2.24) is 9.88 Å². The normalized spacial score (nSPS) is 21.9. The van der Waals surface area contributed by atoms with Crippen LogP contribution in [0.3, 0.4) is 0 Å². The van der Waals surface area contributed by atoms with E-state index < -0.39 is 0 Å². The molecule has 21 heavy (non-hydrogen) atoms. The first-order chi connectivity index (χ1) is 10.0. The van der Waals surface area contributed by atoms with Crippen LogP contribution in [0.25, 0.3) is 0 Å². The summed E-state index contributed by atoms with van der Waals surface area (Å²) in [4.78, 5) is 19.6. The number of thiazole rings is 1. The van der Waals surface area contributed by atoms with Gasteiger partial charge in [-0.15, -0.1) is 11.3 Å². The van der Waals surface area contributed by atoms with Crippen molar-refractivity contribution in [2.24, 2.45) is 0 Å². The van der Waals surface area contributed by atoms with Gasteiger partial charge in [-0.1, -0.05) is 0 Å². The van der Waals surface area contributed by atoms with E-state index >= 15 is 0 Å². The largest absolute Gasteiger partial charge is 0.348 e. The molecule has 1 amide bonds. The Balaban J connectivity index is 1.65. The minimum absolute atomic E-state index is 0.0901. The first-order valence-electron chi connectivity index (χ1n) is 7.50. The molecule has 2 heterocycles. The molecule has 3 rings (SSSR count). The van der Waals surface area contributed by atoms with Crippen molar-refractivity contribution in [2.75, 3.05) is 20.3 Å². The zero-order chi connectivity index (χ0) is 15.0. The van der Waals surface area contributed by atoms with Crippen molar-refractivity contribution >= 4 is 17.2 Å². The van der Waals surface area contributed by atoms with E-state index in [1.165, 1.54) is 11.3 Å². The van der Waals surface area contributed by atoms with Gasteiger partial charge in [-0.25, -0.2) is 4.98 Å². The lowest BCUT2D eigenvalue weighted by Gasteiger charge is -2.38. The fourth-order valence-corrected chi connectivity index (χ4v) is 4.17. The standard InChI is InChI=1S/C15H22N2O3S/c1-10-13(21-11(2)16-10)14(18)17(3)12-4-6-15(7-5-12)19-8-9-20-15/h12H,4-9H2,1-3H3. The second-order valence-corrected chi connectivity index (χ2v) is 7.11. The Morgan fingerprint density at radius 1 is 1.29 bits per heavy atom. The summed E-state index contributed by atoms with van der Waals surface area (Å²) < 4.78 is 11.5. The maximum atomic E-state index is 12.6. The predicted molar refractivity (Wildman–Crippen MR) is 80.6 cm³/mol. The number of carbonyl (C=O) groups is 1. The Labute approximate surface area is 129 Å². The van der Waals surface area contributed by atoms with E-state index in [4.69, 9.17) is 9.47 Å². The fraction of sp³-hybridized carbons (Fsp3) is 0.733. The van der Waals surface area contributed by atoms with E-state index in [1.54, 1.807) is 0 Å². The Morgan fingerprint density at radius 3 is 2.43 bits per heavy atom. The van der Waals surface area contributed by atoms with Gasteiger partial charge in [0.2, 0.25) is 0 Å². The molecule has 2 aliphatic rings. The van der Waals surface area contributed by atoms with Crippen molar-refractivity contribution in [3.05, 3.63) is 15.6 Å². The van der Waals surface area contributed by atoms with Gasteiger partial charge in [-0.05, 0) is 26.7 Å². The maximum absolute atomic E-state index is 12.6. The Morgan fingerprint density at radius 2 is 1.90 bits per heavy atom. The van der Waals surface area contributed by atoms with Crippen LogP contribution in [-0.2, 0) is 9.47 Å². The third-order valence-corrected chi connectivity index (χ3v) is 5.56. The minimum atomic E-state index is -0.364. The average molecular weight is 310 g/mol. The molecule has 0 atom stereocenters. The summed E-state index contributed by atoms with van der Waals surface area (Å²) in [7, 11) is 1.90. The summed E-state index contributed by atoms with van der Waals surface area (Å²) in [5, 5.41) is 0.944. The van der Waals surface area contributed by atoms with Crippen LogP contribution in [0.15, 0.2) is 0 Å². The maximum Gasteiger partial charge on any atom is 0.265 e. The molecule has 0 bridgehead atoms. The van der Waals surface area contributed by atoms with Crippen LogP contribution in [0.2, 0.25) is 0 Å². The number of amides is 1. The zero-order valence-corrected chi connectivity index (χ0v) is 13.7. The number of nitrogens with zero attached hydrogens (tertiary/aromatic N) is 2. The van der Waals surface area contributed by atoms with E-state index in [9.17, 15) is 4.79 Å². The molecule has 1 saturated heterocycles. The number of carbonyl (C=O) groups excluding carboxylic acids is 1. The van der Waals surface area contributed by atoms with E-state index in [1.807, 2.05) is 25.8 Å². The highest BCUT2D eigenvalue weighted by molar-refractivity contribution is 7.13. The Bertz CT molecular complexity index is 527. The molecule has 6 heteroatoms. The van der Waals surface area contributed by atoms with Crippen molar-refractivity contribution in [3.63, 3.8) is 0 Å². The van der Waals surface area contributed by atoms with Crippen LogP contribution >= 0.6 is 11.3 Å². The number of hydrogen-bond donors (Lipinski definition) is 0. The van der Waals surface area contributed by atoms with Crippen molar-refractivity contribution in [1.29, 1.82) is 0 Å². The molecule has 1 aliphatic carbocycles. The molecule has 1 aromatic heterocycles. The first kappa shape index (κ1) is 14.9. The lowest BCUT2D eigenvalue weighted by atomic mass is 9.89. The Kier molecular flexibility index (Phi) is 4.03. The lowest BCUT2D eigenvalue weighted by molar-refractivity contribution is -0.182. The van der Waals surface area contributed by atoms with Gasteiger partial charge in [0.05, 0.1) is 23.9 Å². The molecule has 1 spiro atoms. The second-order valence-electron chi connectivity index (χ2n) is 5.90. The van der Waals surface area contributed by atoms with Gasteiger partial charge in [0.1, 0.15) is 4.88 Å². The summed E-state index contributed by atoms with van der Waals surface area (Å²) in [6, 6.07) is 0.262. The number of hydrogen-bond acceptors (Lipinski definition) is 5. The highest BCUT2D eigenvalue weighted by Crippen LogP contribution is 2.37. The van der Waals surface area contributed by atoms with Crippen LogP contribution in [0, 0.1) is 13.8 Å². The van der Waals surface area contributed by atoms with Crippen LogP contribution in [0.4, 0.5) is 0 Å². The topological polar surface area (TPSA) is 51.7 Å². The highest BCUT2D eigenvalue weighted by Gasteiger charge is 2.41. The predicted octanol–water partition coefficient (Wildman–Crippen LogP) is 2.52. The van der Waals surface area contributed by atoms with Crippen LogP contribution in [0.1, 0.15) is 46.1 Å². The second kappa shape index (κ2) is 5.66. The summed E-state index contributed by atoms with van der Waals surface area (Å²) in [5.41, 5.74) is 0.837. The monoisotopic (exact) mass is 310 g/mol. The van der Waals surface area contributed by atoms with Crippen LogP contribution in [0.5, 0.6) is 0 Å². The van der Waals surface area contributed by atoms with Crippen molar-refractivity contribution in [2.45, 2.75) is 51.4 Å². The lowest BCUT2D eigenvalue weighted by Crippen LogP contribution is -2.44. The molecule has 0 unspecified atom stereocenters. The third kappa shape index (κ3) is 2.84. The van der Waals surface area contributed by atoms with E-state index in [0.29, 0.717) is 13.2 Å². The van der Waals surface area contributed by atoms with Gasteiger partial charge < -0.3 is 14.4 Å². The SMILES string of the molecule is Cc1nc(C)c(C(=O)N(C)C2CCC3(CC2)OCCO3)s1. The minimum Gasteiger partial charge on any atom is -0.348 e. The van der Waals surface area contributed by atoms with E-state index in [0.717, 1.165) is 41.3 Å². The molecular formula is C15H22N2O3S.